The zero-order chi connectivity index (χ0) is 24.9. The molecule has 1 fully saturated rings. The zero-order valence-corrected chi connectivity index (χ0v) is 21.3. The first-order valence-corrected chi connectivity index (χ1v) is 12.7. The molecule has 0 radical (unpaired) electrons. The summed E-state index contributed by atoms with van der Waals surface area (Å²) in [4.78, 5) is 15.7. The molecule has 0 saturated carbocycles. The standard InChI is InChI=1S/C28H44N2O4/c1-5-6-7-8-9-13-24-18-26(34-21-23-12-10-15-29(3)20-23)17-22(2)28(24)27(32)19-25(30(4)33)14-11-16-31/h5,11,16-18,23,25,31,33H,1,6-10,12-15,19-21H2,2-4H3/b16-11-. The van der Waals surface area contributed by atoms with Gasteiger partial charge in [-0.3, -0.25) is 4.79 Å². The summed E-state index contributed by atoms with van der Waals surface area (Å²) in [7, 11) is 3.70. The number of aryl methyl sites for hydroxylation is 2. The maximum absolute atomic E-state index is 13.4. The van der Waals surface area contributed by atoms with Crippen molar-refractivity contribution in [1.82, 2.24) is 9.96 Å². The number of hydroxylamine groups is 2. The molecule has 0 aliphatic carbocycles. The Hall–Kier alpha value is -2.15. The van der Waals surface area contributed by atoms with Crippen molar-refractivity contribution in [2.45, 2.75) is 70.8 Å². The Morgan fingerprint density at radius 2 is 2.15 bits per heavy atom. The molecule has 0 aromatic heterocycles. The van der Waals surface area contributed by atoms with Gasteiger partial charge in [0, 0.05) is 37.5 Å². The highest BCUT2D eigenvalue weighted by atomic mass is 16.5. The molecule has 190 valence electrons. The molecule has 0 bridgehead atoms. The summed E-state index contributed by atoms with van der Waals surface area (Å²) in [6.07, 6.45) is 12.4. The number of ketones is 1. The maximum Gasteiger partial charge on any atom is 0.165 e. The number of carbonyl (C=O) groups is 1. The molecule has 2 N–H and O–H groups in total. The SMILES string of the molecule is C=CCCCCCc1cc(OCC2CCCN(C)C2)cc(C)c1C(=O)CC(C/C=C\O)N(C)O. The average molecular weight is 473 g/mol. The predicted molar refractivity (Wildman–Crippen MR) is 138 cm³/mol. The number of hydrogen-bond donors (Lipinski definition) is 2. The molecule has 1 saturated heterocycles. The van der Waals surface area contributed by atoms with E-state index in [0.29, 0.717) is 18.9 Å². The molecule has 1 aliphatic rings. The second-order valence-electron chi connectivity index (χ2n) is 9.72. The van der Waals surface area contributed by atoms with E-state index in [4.69, 9.17) is 9.84 Å². The van der Waals surface area contributed by atoms with Crippen LogP contribution in [0.15, 0.2) is 37.1 Å². The number of likely N-dealkylation sites (tertiary alicyclic amines) is 1. The summed E-state index contributed by atoms with van der Waals surface area (Å²) in [6.45, 7) is 8.68. The monoisotopic (exact) mass is 472 g/mol. The molecule has 0 spiro atoms. The Morgan fingerprint density at radius 1 is 1.35 bits per heavy atom. The first kappa shape index (κ1) is 28.1. The number of hydrogen-bond acceptors (Lipinski definition) is 6. The van der Waals surface area contributed by atoms with Crippen LogP contribution in [0.3, 0.4) is 0 Å². The van der Waals surface area contributed by atoms with Crippen LogP contribution < -0.4 is 4.74 Å². The lowest BCUT2D eigenvalue weighted by atomic mass is 9.90. The number of aliphatic hydroxyl groups is 1. The fraction of sp³-hybridized carbons (Fsp3) is 0.607. The molecule has 1 aromatic rings. The Bertz CT molecular complexity index is 806. The molecule has 2 unspecified atom stereocenters. The number of nitrogens with zero attached hydrogens (tertiary/aromatic N) is 2. The summed E-state index contributed by atoms with van der Waals surface area (Å²) >= 11 is 0. The summed E-state index contributed by atoms with van der Waals surface area (Å²) < 4.78 is 6.23. The van der Waals surface area contributed by atoms with Crippen LogP contribution in [0.25, 0.3) is 0 Å². The molecule has 0 amide bonds. The highest BCUT2D eigenvalue weighted by molar-refractivity contribution is 5.99. The highest BCUT2D eigenvalue weighted by Crippen LogP contribution is 2.28. The number of Topliss-reactive ketones (excluding diaryl/α,β-unsaturated/α-hetero) is 1. The van der Waals surface area contributed by atoms with Gasteiger partial charge in [0.25, 0.3) is 0 Å². The smallest absolute Gasteiger partial charge is 0.165 e. The van der Waals surface area contributed by atoms with Crippen LogP contribution >= 0.6 is 0 Å². The van der Waals surface area contributed by atoms with Crippen molar-refractivity contribution in [3.05, 3.63) is 53.8 Å². The van der Waals surface area contributed by atoms with E-state index in [-0.39, 0.29) is 12.2 Å². The van der Waals surface area contributed by atoms with Crippen LogP contribution in [-0.4, -0.2) is 65.9 Å². The molecule has 1 aliphatic heterocycles. The van der Waals surface area contributed by atoms with Crippen LogP contribution in [0, 0.1) is 12.8 Å². The third-order valence-electron chi connectivity index (χ3n) is 6.69. The molecule has 34 heavy (non-hydrogen) atoms. The molecule has 6 nitrogen and oxygen atoms in total. The number of ether oxygens (including phenoxy) is 1. The van der Waals surface area contributed by atoms with E-state index >= 15 is 0 Å². The van der Waals surface area contributed by atoms with Crippen molar-refractivity contribution >= 4 is 5.78 Å². The van der Waals surface area contributed by atoms with E-state index in [2.05, 4.69) is 18.5 Å². The Labute approximate surface area is 205 Å². The van der Waals surface area contributed by atoms with Gasteiger partial charge in [-0.25, -0.2) is 0 Å². The van der Waals surface area contributed by atoms with Gasteiger partial charge in [0.05, 0.1) is 12.9 Å². The van der Waals surface area contributed by atoms with E-state index in [1.54, 1.807) is 6.08 Å². The Balaban J connectivity index is 2.18. The van der Waals surface area contributed by atoms with Gasteiger partial charge in [-0.05, 0) is 94.8 Å². The number of rotatable bonds is 15. The molecule has 1 heterocycles. The Morgan fingerprint density at radius 3 is 2.82 bits per heavy atom. The second kappa shape index (κ2) is 15.0. The third-order valence-corrected chi connectivity index (χ3v) is 6.69. The summed E-state index contributed by atoms with van der Waals surface area (Å²) in [5.41, 5.74) is 2.69. The number of allylic oxidation sites excluding steroid dienone is 1. The Kier molecular flexibility index (Phi) is 12.4. The van der Waals surface area contributed by atoms with Gasteiger partial charge >= 0.3 is 0 Å². The van der Waals surface area contributed by atoms with Gasteiger partial charge in [-0.15, -0.1) is 6.58 Å². The molecule has 1 aromatic carbocycles. The minimum Gasteiger partial charge on any atom is -0.516 e. The van der Waals surface area contributed by atoms with Crippen molar-refractivity contribution < 1.29 is 19.8 Å². The lowest BCUT2D eigenvalue weighted by Crippen LogP contribution is -2.34. The second-order valence-corrected chi connectivity index (χ2v) is 9.72. The first-order chi connectivity index (χ1) is 16.3. The lowest BCUT2D eigenvalue weighted by molar-refractivity contribution is -0.101. The average Bonchev–Trinajstić information content (AvgIpc) is 2.79. The van der Waals surface area contributed by atoms with E-state index in [1.165, 1.54) is 19.9 Å². The van der Waals surface area contributed by atoms with E-state index < -0.39 is 6.04 Å². The van der Waals surface area contributed by atoms with E-state index in [0.717, 1.165) is 79.0 Å². The summed E-state index contributed by atoms with van der Waals surface area (Å²) in [5.74, 6) is 1.38. The number of unbranched alkanes of at least 4 members (excludes halogenated alkanes) is 3. The van der Waals surface area contributed by atoms with Gasteiger partial charge in [-0.1, -0.05) is 12.5 Å². The van der Waals surface area contributed by atoms with Crippen molar-refractivity contribution in [3.63, 3.8) is 0 Å². The number of aliphatic hydroxyl groups excluding tert-OH is 1. The molecular formula is C28H44N2O4. The van der Waals surface area contributed by atoms with E-state index in [9.17, 15) is 10.0 Å². The normalized spacial score (nSPS) is 17.9. The minimum absolute atomic E-state index is 0.0105. The number of benzene rings is 1. The van der Waals surface area contributed by atoms with Gasteiger partial charge < -0.3 is 20.0 Å². The van der Waals surface area contributed by atoms with Crippen molar-refractivity contribution in [2.24, 2.45) is 5.92 Å². The van der Waals surface area contributed by atoms with Crippen LogP contribution in [0.4, 0.5) is 0 Å². The van der Waals surface area contributed by atoms with Crippen LogP contribution in [-0.2, 0) is 6.42 Å². The van der Waals surface area contributed by atoms with E-state index in [1.807, 2.05) is 25.1 Å². The third kappa shape index (κ3) is 9.24. The van der Waals surface area contributed by atoms with Gasteiger partial charge in [0.1, 0.15) is 5.75 Å². The zero-order valence-electron chi connectivity index (χ0n) is 21.3. The molecule has 2 rings (SSSR count). The van der Waals surface area contributed by atoms with Crippen molar-refractivity contribution in [3.8, 4) is 5.75 Å². The van der Waals surface area contributed by atoms with Crippen molar-refractivity contribution in [1.29, 1.82) is 0 Å². The molecule has 2 atom stereocenters. The van der Waals surface area contributed by atoms with Gasteiger partial charge in [-0.2, -0.15) is 5.06 Å². The highest BCUT2D eigenvalue weighted by Gasteiger charge is 2.23. The largest absolute Gasteiger partial charge is 0.516 e. The maximum atomic E-state index is 13.4. The van der Waals surface area contributed by atoms with Crippen molar-refractivity contribution in [2.75, 3.05) is 33.8 Å². The predicted octanol–water partition coefficient (Wildman–Crippen LogP) is 5.73. The lowest BCUT2D eigenvalue weighted by Gasteiger charge is -2.29. The fourth-order valence-electron chi connectivity index (χ4n) is 4.81. The minimum atomic E-state index is -0.394. The summed E-state index contributed by atoms with van der Waals surface area (Å²) in [6, 6.07) is 3.63. The first-order valence-electron chi connectivity index (χ1n) is 12.7. The van der Waals surface area contributed by atoms with Gasteiger partial charge in [0.2, 0.25) is 0 Å². The molecular weight excluding hydrogens is 428 g/mol. The quantitative estimate of drug-likeness (QED) is 0.112. The van der Waals surface area contributed by atoms with Crippen LogP contribution in [0.2, 0.25) is 0 Å². The summed E-state index contributed by atoms with van der Waals surface area (Å²) in [5, 5.41) is 20.0. The molecule has 6 heteroatoms. The number of carbonyl (C=O) groups excluding carboxylic acids is 1. The fourth-order valence-corrected chi connectivity index (χ4v) is 4.81. The van der Waals surface area contributed by atoms with Gasteiger partial charge in [0.15, 0.2) is 5.78 Å². The van der Waals surface area contributed by atoms with Crippen LogP contribution in [0.1, 0.15) is 72.9 Å². The van der Waals surface area contributed by atoms with Crippen LogP contribution in [0.5, 0.6) is 5.75 Å². The number of piperidine rings is 1. The topological polar surface area (TPSA) is 73.2 Å².